The number of rotatable bonds is 6. The maximum atomic E-state index is 5.55. The first kappa shape index (κ1) is 19.1. The lowest BCUT2D eigenvalue weighted by atomic mass is 9.88. The Bertz CT molecular complexity index is 1010. The van der Waals surface area contributed by atoms with Gasteiger partial charge in [0.2, 0.25) is 0 Å². The van der Waals surface area contributed by atoms with Crippen molar-refractivity contribution < 1.29 is 14.2 Å². The number of methoxy groups -OCH3 is 3. The van der Waals surface area contributed by atoms with E-state index in [0.29, 0.717) is 0 Å². The van der Waals surface area contributed by atoms with Crippen molar-refractivity contribution in [2.75, 3.05) is 21.3 Å². The van der Waals surface area contributed by atoms with Gasteiger partial charge in [0, 0.05) is 17.7 Å². The Morgan fingerprint density at radius 3 is 2.17 bits per heavy atom. The molecule has 0 aromatic heterocycles. The van der Waals surface area contributed by atoms with E-state index in [-0.39, 0.29) is 6.04 Å². The van der Waals surface area contributed by atoms with E-state index in [1.165, 1.54) is 16.7 Å². The highest BCUT2D eigenvalue weighted by Gasteiger charge is 2.25. The molecule has 0 saturated heterocycles. The van der Waals surface area contributed by atoms with Crippen molar-refractivity contribution >= 4 is 5.71 Å². The summed E-state index contributed by atoms with van der Waals surface area (Å²) in [5, 5.41) is 0. The van der Waals surface area contributed by atoms with E-state index in [1.54, 1.807) is 21.3 Å². The maximum absolute atomic E-state index is 5.55. The lowest BCUT2D eigenvalue weighted by Gasteiger charge is -2.25. The minimum absolute atomic E-state index is 0.0604. The Balaban J connectivity index is 1.77. The van der Waals surface area contributed by atoms with Gasteiger partial charge in [0.1, 0.15) is 5.75 Å². The molecule has 4 nitrogen and oxygen atoms in total. The van der Waals surface area contributed by atoms with Crippen molar-refractivity contribution in [1.29, 1.82) is 0 Å². The molecule has 1 heterocycles. The van der Waals surface area contributed by atoms with Crippen molar-refractivity contribution in [1.82, 2.24) is 0 Å². The van der Waals surface area contributed by atoms with Crippen LogP contribution in [0.3, 0.4) is 0 Å². The molecule has 0 bridgehead atoms. The molecule has 0 amide bonds. The summed E-state index contributed by atoms with van der Waals surface area (Å²) < 4.78 is 16.4. The lowest BCUT2D eigenvalue weighted by Crippen LogP contribution is -2.18. The number of hydrogen-bond acceptors (Lipinski definition) is 4. The van der Waals surface area contributed by atoms with Crippen LogP contribution in [0.4, 0.5) is 0 Å². The predicted molar refractivity (Wildman–Crippen MR) is 116 cm³/mol. The molecule has 0 spiro atoms. The number of aliphatic imine (C=N–C) groups is 1. The average Bonchev–Trinajstić information content (AvgIpc) is 2.78. The molecule has 0 aliphatic carbocycles. The summed E-state index contributed by atoms with van der Waals surface area (Å²) in [7, 11) is 5.02. The zero-order valence-corrected chi connectivity index (χ0v) is 17.0. The van der Waals surface area contributed by atoms with Gasteiger partial charge in [-0.15, -0.1) is 0 Å². The third kappa shape index (κ3) is 3.97. The van der Waals surface area contributed by atoms with Gasteiger partial charge in [0.15, 0.2) is 11.5 Å². The summed E-state index contributed by atoms with van der Waals surface area (Å²) in [5.74, 6) is 2.33. The Morgan fingerprint density at radius 2 is 1.52 bits per heavy atom. The minimum atomic E-state index is 0.0604. The highest BCUT2D eigenvalue weighted by atomic mass is 16.5. The fraction of sp³-hybridized carbons (Fsp3) is 0.240. The maximum Gasteiger partial charge on any atom is 0.161 e. The summed E-state index contributed by atoms with van der Waals surface area (Å²) in [5.41, 5.74) is 5.85. The Labute approximate surface area is 171 Å². The Hall–Kier alpha value is -3.27. The molecule has 4 heteroatoms. The van der Waals surface area contributed by atoms with Gasteiger partial charge in [-0.2, -0.15) is 0 Å². The predicted octanol–water partition coefficient (Wildman–Crippen LogP) is 5.04. The van der Waals surface area contributed by atoms with E-state index in [4.69, 9.17) is 19.2 Å². The highest BCUT2D eigenvalue weighted by molar-refractivity contribution is 6.04. The molecule has 1 aliphatic heterocycles. The molecular formula is C25H25NO3. The molecule has 0 fully saturated rings. The molecule has 1 unspecified atom stereocenters. The first-order chi connectivity index (χ1) is 14.2. The van der Waals surface area contributed by atoms with E-state index >= 15 is 0 Å². The number of hydrogen-bond donors (Lipinski definition) is 0. The Kier molecular flexibility index (Phi) is 5.52. The van der Waals surface area contributed by atoms with Crippen molar-refractivity contribution in [2.45, 2.75) is 18.9 Å². The van der Waals surface area contributed by atoms with Gasteiger partial charge in [-0.05, 0) is 47.4 Å². The largest absolute Gasteiger partial charge is 0.497 e. The smallest absolute Gasteiger partial charge is 0.161 e. The van der Waals surface area contributed by atoms with Crippen LogP contribution in [0.2, 0.25) is 0 Å². The fourth-order valence-corrected chi connectivity index (χ4v) is 3.82. The molecule has 1 aliphatic rings. The monoisotopic (exact) mass is 387 g/mol. The van der Waals surface area contributed by atoms with Gasteiger partial charge in [0.25, 0.3) is 0 Å². The second-order valence-electron chi connectivity index (χ2n) is 7.10. The zero-order valence-electron chi connectivity index (χ0n) is 17.0. The van der Waals surface area contributed by atoms with Crippen LogP contribution in [0.25, 0.3) is 0 Å². The first-order valence-electron chi connectivity index (χ1n) is 9.71. The molecule has 4 rings (SSSR count). The first-order valence-corrected chi connectivity index (χ1v) is 9.71. The Morgan fingerprint density at radius 1 is 0.828 bits per heavy atom. The van der Waals surface area contributed by atoms with Gasteiger partial charge >= 0.3 is 0 Å². The minimum Gasteiger partial charge on any atom is -0.497 e. The van der Waals surface area contributed by atoms with Crippen LogP contribution < -0.4 is 14.2 Å². The number of fused-ring (bicyclic) bond motifs is 1. The molecule has 3 aromatic rings. The molecule has 29 heavy (non-hydrogen) atoms. The van der Waals surface area contributed by atoms with Crippen LogP contribution in [0, 0.1) is 0 Å². The zero-order chi connectivity index (χ0) is 20.2. The van der Waals surface area contributed by atoms with Gasteiger partial charge in [0.05, 0.1) is 27.4 Å². The van der Waals surface area contributed by atoms with Gasteiger partial charge in [-0.3, -0.25) is 4.99 Å². The molecule has 1 atom stereocenters. The molecule has 0 saturated carbocycles. The van der Waals surface area contributed by atoms with Crippen molar-refractivity contribution in [2.24, 2.45) is 4.99 Å². The van der Waals surface area contributed by atoms with Crippen LogP contribution in [-0.4, -0.2) is 27.0 Å². The van der Waals surface area contributed by atoms with E-state index in [9.17, 15) is 0 Å². The van der Waals surface area contributed by atoms with Crippen LogP contribution >= 0.6 is 0 Å². The quantitative estimate of drug-likeness (QED) is 0.595. The summed E-state index contributed by atoms with van der Waals surface area (Å²) >= 11 is 0. The fourth-order valence-electron chi connectivity index (χ4n) is 3.82. The van der Waals surface area contributed by atoms with Gasteiger partial charge < -0.3 is 14.2 Å². The van der Waals surface area contributed by atoms with E-state index in [0.717, 1.165) is 41.4 Å². The lowest BCUT2D eigenvalue weighted by molar-refractivity contribution is 0.354. The van der Waals surface area contributed by atoms with Crippen molar-refractivity contribution in [3.63, 3.8) is 0 Å². The molecule has 0 N–H and O–H groups in total. The standard InChI is InChI=1S/C25H25NO3/c1-27-20-11-9-18(10-12-20)22-14-19-15-24(28-2)25(29-3)16-21(19)23(26-22)13-17-7-5-4-6-8-17/h4-12,15-16,22H,13-14H2,1-3H3. The number of benzene rings is 3. The van der Waals surface area contributed by atoms with Crippen LogP contribution in [0.1, 0.15) is 28.3 Å². The average molecular weight is 387 g/mol. The molecule has 148 valence electrons. The van der Waals surface area contributed by atoms with Crippen LogP contribution in [0.5, 0.6) is 17.2 Å². The SMILES string of the molecule is COc1ccc(C2Cc3cc(OC)c(OC)cc3C(Cc3ccccc3)=N2)cc1. The van der Waals surface area contributed by atoms with Crippen molar-refractivity contribution in [3.8, 4) is 17.2 Å². The van der Waals surface area contributed by atoms with E-state index in [1.807, 2.05) is 18.2 Å². The van der Waals surface area contributed by atoms with Crippen LogP contribution in [-0.2, 0) is 12.8 Å². The summed E-state index contributed by atoms with van der Waals surface area (Å²) in [6.45, 7) is 0. The second-order valence-corrected chi connectivity index (χ2v) is 7.10. The van der Waals surface area contributed by atoms with E-state index < -0.39 is 0 Å². The van der Waals surface area contributed by atoms with E-state index in [2.05, 4.69) is 48.5 Å². The van der Waals surface area contributed by atoms with Crippen molar-refractivity contribution in [3.05, 3.63) is 89.0 Å². The van der Waals surface area contributed by atoms with Gasteiger partial charge in [-0.1, -0.05) is 42.5 Å². The number of nitrogens with zero attached hydrogens (tertiary/aromatic N) is 1. The molecular weight excluding hydrogens is 362 g/mol. The van der Waals surface area contributed by atoms with Gasteiger partial charge in [-0.25, -0.2) is 0 Å². The topological polar surface area (TPSA) is 40.0 Å². The second kappa shape index (κ2) is 8.39. The molecule has 3 aromatic carbocycles. The molecule has 0 radical (unpaired) electrons. The normalized spacial score (nSPS) is 15.3. The third-order valence-electron chi connectivity index (χ3n) is 5.36. The summed E-state index contributed by atoms with van der Waals surface area (Å²) in [6, 6.07) is 22.8. The van der Waals surface area contributed by atoms with Crippen LogP contribution in [0.15, 0.2) is 71.7 Å². The third-order valence-corrected chi connectivity index (χ3v) is 5.36. The summed E-state index contributed by atoms with van der Waals surface area (Å²) in [4.78, 5) is 5.15. The highest BCUT2D eigenvalue weighted by Crippen LogP contribution is 2.37. The summed E-state index contributed by atoms with van der Waals surface area (Å²) in [6.07, 6.45) is 1.59. The number of ether oxygens (including phenoxy) is 3.